The van der Waals surface area contributed by atoms with Crippen LogP contribution in [0.5, 0.6) is 0 Å². The molecule has 0 saturated heterocycles. The fourth-order valence-corrected chi connectivity index (χ4v) is 3.98. The van der Waals surface area contributed by atoms with Crippen LogP contribution in [0.15, 0.2) is 52.0 Å². The zero-order valence-electron chi connectivity index (χ0n) is 13.5. The Bertz CT molecular complexity index is 767. The van der Waals surface area contributed by atoms with Gasteiger partial charge in [0.05, 0.1) is 11.2 Å². The molecule has 5 nitrogen and oxygen atoms in total. The number of alkyl halides is 1. The minimum atomic E-state index is -3.72. The van der Waals surface area contributed by atoms with Crippen molar-refractivity contribution in [3.05, 3.63) is 54.0 Å². The number of amides is 1. The van der Waals surface area contributed by atoms with Gasteiger partial charge in [0.25, 0.3) is 0 Å². The van der Waals surface area contributed by atoms with Gasteiger partial charge in [-0.2, -0.15) is 0 Å². The fraction of sp³-hybridized carbons (Fsp3) is 0.353. The van der Waals surface area contributed by atoms with Crippen molar-refractivity contribution in [2.75, 3.05) is 12.4 Å². The van der Waals surface area contributed by atoms with Gasteiger partial charge in [-0.3, -0.25) is 4.79 Å². The van der Waals surface area contributed by atoms with E-state index in [1.807, 2.05) is 13.8 Å². The first-order chi connectivity index (χ1) is 11.4. The summed E-state index contributed by atoms with van der Waals surface area (Å²) in [6.45, 7) is 3.97. The predicted molar refractivity (Wildman–Crippen MR) is 92.9 cm³/mol. The van der Waals surface area contributed by atoms with Crippen LogP contribution in [0.25, 0.3) is 0 Å². The number of benzene rings is 1. The molecular formula is C17H20ClNO4S. The van der Waals surface area contributed by atoms with Crippen LogP contribution in [-0.4, -0.2) is 26.7 Å². The van der Waals surface area contributed by atoms with Crippen molar-refractivity contribution in [1.29, 1.82) is 0 Å². The van der Waals surface area contributed by atoms with Crippen LogP contribution >= 0.6 is 11.6 Å². The van der Waals surface area contributed by atoms with E-state index in [0.29, 0.717) is 5.92 Å². The number of rotatable bonds is 7. The van der Waals surface area contributed by atoms with Crippen LogP contribution in [0.3, 0.4) is 0 Å². The largest absolute Gasteiger partial charge is 0.468 e. The van der Waals surface area contributed by atoms with Crippen LogP contribution in [-0.2, 0) is 14.6 Å². The number of hydrogen-bond donors (Lipinski definition) is 1. The molecule has 7 heteroatoms. The highest BCUT2D eigenvalue weighted by Crippen LogP contribution is 2.29. The van der Waals surface area contributed by atoms with Crippen molar-refractivity contribution < 1.29 is 17.6 Å². The molecule has 1 atom stereocenters. The Hall–Kier alpha value is -1.79. The first-order valence-corrected chi connectivity index (χ1v) is 9.64. The number of carbonyl (C=O) groups is 1. The zero-order valence-corrected chi connectivity index (χ0v) is 15.1. The number of carbonyl (C=O) groups excluding carboxylic acids is 1. The van der Waals surface area contributed by atoms with E-state index in [4.69, 9.17) is 16.0 Å². The van der Waals surface area contributed by atoms with Crippen molar-refractivity contribution in [2.24, 2.45) is 0 Å². The molecular weight excluding hydrogens is 350 g/mol. The molecule has 1 aromatic heterocycles. The molecule has 2 rings (SSSR count). The molecule has 1 amide bonds. The molecule has 2 aromatic rings. The molecule has 24 heavy (non-hydrogen) atoms. The second-order valence-corrected chi connectivity index (χ2v) is 8.11. The Kier molecular flexibility index (Phi) is 6.07. The lowest BCUT2D eigenvalue weighted by Crippen LogP contribution is -2.32. The van der Waals surface area contributed by atoms with Gasteiger partial charge < -0.3 is 9.73 Å². The molecule has 0 fully saturated rings. The summed E-state index contributed by atoms with van der Waals surface area (Å²) in [4.78, 5) is 11.6. The van der Waals surface area contributed by atoms with E-state index in [9.17, 15) is 13.2 Å². The predicted octanol–water partition coefficient (Wildman–Crippen LogP) is 3.27. The van der Waals surface area contributed by atoms with Gasteiger partial charge in [0, 0.05) is 6.54 Å². The maximum atomic E-state index is 13.0. The number of hydrogen-bond acceptors (Lipinski definition) is 4. The van der Waals surface area contributed by atoms with Gasteiger partial charge in [-0.25, -0.2) is 8.42 Å². The Morgan fingerprint density at radius 2 is 1.88 bits per heavy atom. The molecule has 0 radical (unpaired) electrons. The fourth-order valence-electron chi connectivity index (χ4n) is 2.30. The summed E-state index contributed by atoms with van der Waals surface area (Å²) in [5.41, 5.74) is 1.05. The van der Waals surface area contributed by atoms with Gasteiger partial charge in [0.15, 0.2) is 9.84 Å². The molecule has 1 heterocycles. The molecule has 1 aromatic carbocycles. The number of nitrogens with one attached hydrogen (secondary N) is 1. The third kappa shape index (κ3) is 4.19. The first-order valence-electron chi connectivity index (χ1n) is 7.56. The van der Waals surface area contributed by atoms with Crippen molar-refractivity contribution in [3.8, 4) is 0 Å². The van der Waals surface area contributed by atoms with Gasteiger partial charge in [-0.15, -0.1) is 11.6 Å². The molecule has 0 unspecified atom stereocenters. The second kappa shape index (κ2) is 7.85. The van der Waals surface area contributed by atoms with E-state index in [1.165, 1.54) is 6.26 Å². The Morgan fingerprint density at radius 3 is 2.38 bits per heavy atom. The van der Waals surface area contributed by atoms with E-state index in [-0.39, 0.29) is 23.1 Å². The Balaban J connectivity index is 2.34. The lowest BCUT2D eigenvalue weighted by atomic mass is 10.0. The van der Waals surface area contributed by atoms with Crippen LogP contribution in [0.2, 0.25) is 0 Å². The van der Waals surface area contributed by atoms with Crippen LogP contribution in [0, 0.1) is 0 Å². The minimum Gasteiger partial charge on any atom is -0.468 e. The van der Waals surface area contributed by atoms with Crippen LogP contribution in [0.1, 0.15) is 36.3 Å². The lowest BCUT2D eigenvalue weighted by Gasteiger charge is -2.17. The highest BCUT2D eigenvalue weighted by molar-refractivity contribution is 7.91. The zero-order chi connectivity index (χ0) is 17.7. The molecule has 0 aliphatic carbocycles. The van der Waals surface area contributed by atoms with Gasteiger partial charge >= 0.3 is 0 Å². The number of furan rings is 1. The summed E-state index contributed by atoms with van der Waals surface area (Å²) in [6, 6.07) is 9.97. The quantitative estimate of drug-likeness (QED) is 0.760. The first kappa shape index (κ1) is 18.5. The Morgan fingerprint density at radius 1 is 1.21 bits per heavy atom. The average molecular weight is 370 g/mol. The monoisotopic (exact) mass is 369 g/mol. The second-order valence-electron chi connectivity index (χ2n) is 5.71. The highest BCUT2D eigenvalue weighted by atomic mass is 35.5. The summed E-state index contributed by atoms with van der Waals surface area (Å²) >= 11 is 5.45. The lowest BCUT2D eigenvalue weighted by molar-refractivity contribution is -0.118. The van der Waals surface area contributed by atoms with E-state index in [1.54, 1.807) is 36.4 Å². The number of sulfone groups is 1. The molecule has 0 saturated carbocycles. The van der Waals surface area contributed by atoms with E-state index in [2.05, 4.69) is 5.32 Å². The van der Waals surface area contributed by atoms with E-state index < -0.39 is 21.0 Å². The summed E-state index contributed by atoms with van der Waals surface area (Å²) in [7, 11) is -3.72. The smallest absolute Gasteiger partial charge is 0.234 e. The van der Waals surface area contributed by atoms with E-state index in [0.717, 1.165) is 5.56 Å². The van der Waals surface area contributed by atoms with Crippen molar-refractivity contribution in [1.82, 2.24) is 5.32 Å². The SMILES string of the molecule is CC(C)c1ccc(S(=O)(=O)[C@@H](CNC(=O)CCl)c2ccco2)cc1. The minimum absolute atomic E-state index is 0.104. The molecule has 130 valence electrons. The standard InChI is InChI=1S/C17H20ClNO4S/c1-12(2)13-5-7-14(8-6-13)24(21,22)16(11-19-17(20)10-18)15-4-3-9-23-15/h3-9,12,16H,10-11H2,1-2H3,(H,19,20)/t16-/m0/s1. The summed E-state index contributed by atoms with van der Waals surface area (Å²) in [5.74, 6) is -0.0735. The van der Waals surface area contributed by atoms with Gasteiger partial charge in [-0.1, -0.05) is 26.0 Å². The third-order valence-corrected chi connectivity index (χ3v) is 6.04. The molecule has 0 spiro atoms. The highest BCUT2D eigenvalue weighted by Gasteiger charge is 2.31. The molecule has 1 N–H and O–H groups in total. The van der Waals surface area contributed by atoms with Gasteiger partial charge in [0.1, 0.15) is 16.9 Å². The summed E-state index contributed by atoms with van der Waals surface area (Å²) in [5, 5.41) is 1.51. The van der Waals surface area contributed by atoms with Crippen molar-refractivity contribution >= 4 is 27.3 Å². The maximum Gasteiger partial charge on any atom is 0.234 e. The summed E-state index contributed by atoms with van der Waals surface area (Å²) < 4.78 is 31.2. The number of halogens is 1. The molecule has 0 aliphatic heterocycles. The Labute approximate surface area is 146 Å². The summed E-state index contributed by atoms with van der Waals surface area (Å²) in [6.07, 6.45) is 1.41. The van der Waals surface area contributed by atoms with Gasteiger partial charge in [0.2, 0.25) is 5.91 Å². The molecule has 0 bridgehead atoms. The van der Waals surface area contributed by atoms with E-state index >= 15 is 0 Å². The van der Waals surface area contributed by atoms with Crippen molar-refractivity contribution in [3.63, 3.8) is 0 Å². The topological polar surface area (TPSA) is 76.4 Å². The van der Waals surface area contributed by atoms with Crippen LogP contribution in [0.4, 0.5) is 0 Å². The maximum absolute atomic E-state index is 13.0. The van der Waals surface area contributed by atoms with Crippen molar-refractivity contribution in [2.45, 2.75) is 29.9 Å². The average Bonchev–Trinajstić information content (AvgIpc) is 3.08. The third-order valence-electron chi connectivity index (χ3n) is 3.72. The normalized spacial score (nSPS) is 13.0. The van der Waals surface area contributed by atoms with Crippen LogP contribution < -0.4 is 5.32 Å². The van der Waals surface area contributed by atoms with Gasteiger partial charge in [-0.05, 0) is 35.7 Å². The molecule has 0 aliphatic rings.